The van der Waals surface area contributed by atoms with E-state index in [4.69, 9.17) is 14.5 Å². The number of fused-ring (bicyclic) bond motifs is 2. The Morgan fingerprint density at radius 3 is 2.32 bits per heavy atom. The molecule has 1 heterocycles. The number of aryl methyl sites for hydroxylation is 1. The molecule has 0 aliphatic rings. The van der Waals surface area contributed by atoms with Crippen LogP contribution in [0.2, 0.25) is 0 Å². The topological polar surface area (TPSA) is 31.4 Å². The van der Waals surface area contributed by atoms with E-state index in [9.17, 15) is 0 Å². The minimum atomic E-state index is 0.768. The number of pyridine rings is 1. The van der Waals surface area contributed by atoms with E-state index in [2.05, 4.69) is 13.0 Å². The molecule has 0 aliphatic heterocycles. The van der Waals surface area contributed by atoms with Gasteiger partial charge in [0.1, 0.15) is 17.0 Å². The van der Waals surface area contributed by atoms with E-state index in [0.717, 1.165) is 38.9 Å². The van der Waals surface area contributed by atoms with Gasteiger partial charge in [-0.3, -0.25) is 0 Å². The van der Waals surface area contributed by atoms with E-state index in [1.54, 1.807) is 14.2 Å². The Kier molecular flexibility index (Phi) is 2.75. The van der Waals surface area contributed by atoms with Crippen LogP contribution in [0.5, 0.6) is 11.5 Å². The van der Waals surface area contributed by atoms with Crippen molar-refractivity contribution in [3.05, 3.63) is 42.0 Å². The van der Waals surface area contributed by atoms with Crippen LogP contribution in [0.3, 0.4) is 0 Å². The summed E-state index contributed by atoms with van der Waals surface area (Å²) in [4.78, 5) is 4.71. The van der Waals surface area contributed by atoms with E-state index >= 15 is 0 Å². The molecule has 0 fully saturated rings. The molecule has 0 aliphatic carbocycles. The summed E-state index contributed by atoms with van der Waals surface area (Å²) in [5.41, 5.74) is 2.98. The third-order valence-electron chi connectivity index (χ3n) is 3.46. The first kappa shape index (κ1) is 11.8. The molecular formula is C16H15NO2. The summed E-state index contributed by atoms with van der Waals surface area (Å²) >= 11 is 0. The molecule has 3 heteroatoms. The van der Waals surface area contributed by atoms with Gasteiger partial charge in [0.25, 0.3) is 0 Å². The van der Waals surface area contributed by atoms with Crippen molar-refractivity contribution in [3.63, 3.8) is 0 Å². The summed E-state index contributed by atoms with van der Waals surface area (Å²) in [6, 6.07) is 11.9. The van der Waals surface area contributed by atoms with Crippen LogP contribution in [-0.2, 0) is 0 Å². The van der Waals surface area contributed by atoms with Gasteiger partial charge in [-0.15, -0.1) is 0 Å². The molecule has 0 radical (unpaired) electrons. The van der Waals surface area contributed by atoms with Gasteiger partial charge in [0.2, 0.25) is 0 Å². The third-order valence-corrected chi connectivity index (χ3v) is 3.46. The van der Waals surface area contributed by atoms with Gasteiger partial charge in [0.05, 0.1) is 19.7 Å². The average molecular weight is 253 g/mol. The van der Waals surface area contributed by atoms with E-state index < -0.39 is 0 Å². The van der Waals surface area contributed by atoms with Crippen LogP contribution >= 0.6 is 0 Å². The first-order chi connectivity index (χ1) is 9.26. The van der Waals surface area contributed by atoms with Gasteiger partial charge >= 0.3 is 0 Å². The number of para-hydroxylation sites is 1. The lowest BCUT2D eigenvalue weighted by Gasteiger charge is -2.13. The molecule has 0 saturated heterocycles. The highest BCUT2D eigenvalue weighted by Crippen LogP contribution is 2.36. The number of ether oxygens (including phenoxy) is 2. The predicted octanol–water partition coefficient (Wildman–Crippen LogP) is 3.71. The van der Waals surface area contributed by atoms with Crippen molar-refractivity contribution >= 4 is 21.8 Å². The maximum absolute atomic E-state index is 5.46. The SMILES string of the molecule is COc1ccc(OC)c2c(C)c3ccccc3nc12. The maximum Gasteiger partial charge on any atom is 0.145 e. The molecule has 0 saturated carbocycles. The van der Waals surface area contributed by atoms with Crippen molar-refractivity contribution in [1.82, 2.24) is 4.98 Å². The van der Waals surface area contributed by atoms with Crippen LogP contribution in [0.25, 0.3) is 21.8 Å². The van der Waals surface area contributed by atoms with Crippen molar-refractivity contribution in [3.8, 4) is 11.5 Å². The van der Waals surface area contributed by atoms with Crippen LogP contribution in [0.4, 0.5) is 0 Å². The third kappa shape index (κ3) is 1.70. The molecule has 0 bridgehead atoms. The Morgan fingerprint density at radius 2 is 1.58 bits per heavy atom. The summed E-state index contributed by atoms with van der Waals surface area (Å²) in [5, 5.41) is 2.15. The molecule has 3 rings (SSSR count). The maximum atomic E-state index is 5.46. The molecule has 96 valence electrons. The zero-order chi connectivity index (χ0) is 13.4. The van der Waals surface area contributed by atoms with Crippen LogP contribution in [0.1, 0.15) is 5.56 Å². The van der Waals surface area contributed by atoms with Crippen molar-refractivity contribution in [2.45, 2.75) is 6.92 Å². The second-order valence-electron chi connectivity index (χ2n) is 4.45. The van der Waals surface area contributed by atoms with E-state index in [0.29, 0.717) is 0 Å². The van der Waals surface area contributed by atoms with Crippen LogP contribution in [0.15, 0.2) is 36.4 Å². The Hall–Kier alpha value is -2.29. The van der Waals surface area contributed by atoms with Crippen molar-refractivity contribution in [2.75, 3.05) is 14.2 Å². The van der Waals surface area contributed by atoms with Crippen LogP contribution in [0, 0.1) is 6.92 Å². The highest BCUT2D eigenvalue weighted by molar-refractivity contribution is 6.02. The Bertz CT molecular complexity index is 765. The number of hydrogen-bond acceptors (Lipinski definition) is 3. The molecule has 3 nitrogen and oxygen atoms in total. The van der Waals surface area contributed by atoms with Gasteiger partial charge in [-0.25, -0.2) is 4.98 Å². The number of methoxy groups -OCH3 is 2. The number of aromatic nitrogens is 1. The fraction of sp³-hybridized carbons (Fsp3) is 0.188. The molecule has 0 spiro atoms. The standard InChI is InChI=1S/C16H15NO2/c1-10-11-6-4-5-7-12(11)17-16-14(19-3)9-8-13(18-2)15(10)16/h4-9H,1-3H3. The Balaban J connectivity index is 2.55. The number of nitrogens with zero attached hydrogens (tertiary/aromatic N) is 1. The summed E-state index contributed by atoms with van der Waals surface area (Å²) in [6.07, 6.45) is 0. The normalized spacial score (nSPS) is 10.9. The second kappa shape index (κ2) is 4.43. The van der Waals surface area contributed by atoms with Crippen LogP contribution in [-0.4, -0.2) is 19.2 Å². The molecule has 0 N–H and O–H groups in total. The Labute approximate surface area is 111 Å². The summed E-state index contributed by atoms with van der Waals surface area (Å²) in [5.74, 6) is 1.59. The zero-order valence-corrected chi connectivity index (χ0v) is 11.2. The lowest BCUT2D eigenvalue weighted by molar-refractivity contribution is 0.410. The molecule has 0 amide bonds. The largest absolute Gasteiger partial charge is 0.496 e. The number of hydrogen-bond donors (Lipinski definition) is 0. The molecule has 0 atom stereocenters. The summed E-state index contributed by atoms with van der Waals surface area (Å²) in [7, 11) is 3.34. The highest BCUT2D eigenvalue weighted by atomic mass is 16.5. The first-order valence-electron chi connectivity index (χ1n) is 6.16. The van der Waals surface area contributed by atoms with Crippen molar-refractivity contribution < 1.29 is 9.47 Å². The summed E-state index contributed by atoms with van der Waals surface area (Å²) < 4.78 is 10.9. The zero-order valence-electron chi connectivity index (χ0n) is 11.2. The number of benzene rings is 2. The second-order valence-corrected chi connectivity index (χ2v) is 4.45. The van der Waals surface area contributed by atoms with E-state index in [1.165, 1.54) is 0 Å². The lowest BCUT2D eigenvalue weighted by Crippen LogP contribution is -1.95. The van der Waals surface area contributed by atoms with Gasteiger partial charge in [0.15, 0.2) is 0 Å². The quantitative estimate of drug-likeness (QED) is 0.652. The van der Waals surface area contributed by atoms with E-state index in [1.807, 2.05) is 30.3 Å². The molecule has 1 aromatic heterocycles. The predicted molar refractivity (Wildman–Crippen MR) is 77.1 cm³/mol. The highest BCUT2D eigenvalue weighted by Gasteiger charge is 2.13. The molecule has 2 aromatic carbocycles. The minimum Gasteiger partial charge on any atom is -0.496 e. The Morgan fingerprint density at radius 1 is 0.895 bits per heavy atom. The van der Waals surface area contributed by atoms with Gasteiger partial charge in [-0.05, 0) is 30.7 Å². The van der Waals surface area contributed by atoms with Gasteiger partial charge in [-0.1, -0.05) is 18.2 Å². The van der Waals surface area contributed by atoms with Gasteiger partial charge < -0.3 is 9.47 Å². The monoisotopic (exact) mass is 253 g/mol. The van der Waals surface area contributed by atoms with Crippen molar-refractivity contribution in [2.24, 2.45) is 0 Å². The minimum absolute atomic E-state index is 0.768. The lowest BCUT2D eigenvalue weighted by atomic mass is 10.0. The first-order valence-corrected chi connectivity index (χ1v) is 6.16. The molecular weight excluding hydrogens is 238 g/mol. The van der Waals surface area contributed by atoms with E-state index in [-0.39, 0.29) is 0 Å². The molecule has 3 aromatic rings. The van der Waals surface area contributed by atoms with Gasteiger partial charge in [-0.2, -0.15) is 0 Å². The number of rotatable bonds is 2. The average Bonchev–Trinajstić information content (AvgIpc) is 2.46. The molecule has 19 heavy (non-hydrogen) atoms. The van der Waals surface area contributed by atoms with Crippen LogP contribution < -0.4 is 9.47 Å². The van der Waals surface area contributed by atoms with Gasteiger partial charge in [0, 0.05) is 10.8 Å². The van der Waals surface area contributed by atoms with Crippen molar-refractivity contribution in [1.29, 1.82) is 0 Å². The molecule has 0 unspecified atom stereocenters. The summed E-state index contributed by atoms with van der Waals surface area (Å²) in [6.45, 7) is 2.09. The fourth-order valence-corrected chi connectivity index (χ4v) is 2.51. The fourth-order valence-electron chi connectivity index (χ4n) is 2.51. The smallest absolute Gasteiger partial charge is 0.145 e.